The first-order valence-corrected chi connectivity index (χ1v) is 6.46. The number of hydrogen-bond acceptors (Lipinski definition) is 4. The Morgan fingerprint density at radius 3 is 2.19 bits per heavy atom. The molecule has 0 aromatic heterocycles. The fourth-order valence-electron chi connectivity index (χ4n) is 1.63. The van der Waals surface area contributed by atoms with Crippen molar-refractivity contribution in [3.8, 4) is 0 Å². The van der Waals surface area contributed by atoms with Crippen LogP contribution in [0.4, 0.5) is 5.69 Å². The molecule has 1 aromatic carbocycles. The Labute approximate surface area is 126 Å². The smallest absolute Gasteiger partial charge is 0.317 e. The van der Waals surface area contributed by atoms with Gasteiger partial charge in [-0.2, -0.15) is 0 Å². The van der Waals surface area contributed by atoms with Gasteiger partial charge in [-0.05, 0) is 12.1 Å². The number of para-hydroxylation sites is 1. The molecule has 21 heavy (non-hydrogen) atoms. The van der Waals surface area contributed by atoms with Gasteiger partial charge in [0.25, 0.3) is 0 Å². The first-order chi connectivity index (χ1) is 9.88. The number of rotatable bonds is 8. The van der Waals surface area contributed by atoms with Crippen molar-refractivity contribution < 1.29 is 24.6 Å². The lowest BCUT2D eigenvalue weighted by molar-refractivity contribution is -0.142. The number of benzene rings is 1. The van der Waals surface area contributed by atoms with Gasteiger partial charge in [-0.1, -0.05) is 23.7 Å². The summed E-state index contributed by atoms with van der Waals surface area (Å²) < 4.78 is 0. The monoisotopic (exact) mass is 314 g/mol. The molecule has 0 saturated carbocycles. The second kappa shape index (κ2) is 8.23. The number of carbonyl (C=O) groups excluding carboxylic acids is 1. The third-order valence-corrected chi connectivity index (χ3v) is 2.85. The number of aliphatic carboxylic acids is 2. The van der Waals surface area contributed by atoms with Crippen LogP contribution in [0.1, 0.15) is 6.42 Å². The lowest BCUT2D eigenvalue weighted by Gasteiger charge is -2.17. The van der Waals surface area contributed by atoms with E-state index in [2.05, 4.69) is 5.32 Å². The predicted molar refractivity (Wildman–Crippen MR) is 76.4 cm³/mol. The Bertz CT molecular complexity index is 519. The molecule has 1 rings (SSSR count). The Kier molecular flexibility index (Phi) is 6.64. The van der Waals surface area contributed by atoms with E-state index in [4.69, 9.17) is 21.8 Å². The zero-order valence-corrected chi connectivity index (χ0v) is 11.8. The highest BCUT2D eigenvalue weighted by Crippen LogP contribution is 2.20. The molecular formula is C13H15ClN2O5. The lowest BCUT2D eigenvalue weighted by atomic mass is 10.3. The van der Waals surface area contributed by atoms with Crippen LogP contribution in [0.2, 0.25) is 5.02 Å². The quantitative estimate of drug-likeness (QED) is 0.664. The molecule has 8 heteroatoms. The summed E-state index contributed by atoms with van der Waals surface area (Å²) >= 11 is 5.89. The average Bonchev–Trinajstić information content (AvgIpc) is 2.37. The summed E-state index contributed by atoms with van der Waals surface area (Å²) in [5.74, 6) is -2.67. The molecule has 0 saturated heterocycles. The van der Waals surface area contributed by atoms with Crippen LogP contribution in [0.5, 0.6) is 0 Å². The summed E-state index contributed by atoms with van der Waals surface area (Å²) in [6, 6.07) is 6.69. The van der Waals surface area contributed by atoms with E-state index in [-0.39, 0.29) is 18.9 Å². The van der Waals surface area contributed by atoms with Gasteiger partial charge in [0.05, 0.1) is 23.8 Å². The van der Waals surface area contributed by atoms with Crippen LogP contribution in [-0.2, 0) is 14.4 Å². The molecule has 0 aliphatic rings. The second-order valence-electron chi connectivity index (χ2n) is 4.28. The van der Waals surface area contributed by atoms with E-state index >= 15 is 0 Å². The number of hydrogen-bond donors (Lipinski definition) is 3. The minimum absolute atomic E-state index is 0.0227. The molecule has 0 unspecified atom stereocenters. The van der Waals surface area contributed by atoms with Crippen LogP contribution < -0.4 is 5.32 Å². The topological polar surface area (TPSA) is 107 Å². The van der Waals surface area contributed by atoms with E-state index in [9.17, 15) is 14.4 Å². The van der Waals surface area contributed by atoms with Crippen LogP contribution in [0.3, 0.4) is 0 Å². The molecule has 1 aromatic rings. The molecular weight excluding hydrogens is 300 g/mol. The molecule has 0 atom stereocenters. The predicted octanol–water partition coefficient (Wildman–Crippen LogP) is 1.14. The van der Waals surface area contributed by atoms with Crippen molar-refractivity contribution in [2.24, 2.45) is 0 Å². The Balaban J connectivity index is 2.51. The Morgan fingerprint density at radius 2 is 1.67 bits per heavy atom. The first-order valence-electron chi connectivity index (χ1n) is 6.09. The van der Waals surface area contributed by atoms with Gasteiger partial charge in [-0.3, -0.25) is 19.3 Å². The molecule has 0 aliphatic carbocycles. The minimum atomic E-state index is -1.15. The van der Waals surface area contributed by atoms with Crippen LogP contribution in [0, 0.1) is 0 Å². The maximum Gasteiger partial charge on any atom is 0.317 e. The van der Waals surface area contributed by atoms with Gasteiger partial charge in [0.15, 0.2) is 0 Å². The molecule has 3 N–H and O–H groups in total. The third-order valence-electron chi connectivity index (χ3n) is 2.52. The zero-order chi connectivity index (χ0) is 15.8. The number of nitrogens with one attached hydrogen (secondary N) is 1. The molecule has 0 fully saturated rings. The van der Waals surface area contributed by atoms with E-state index in [1.54, 1.807) is 24.3 Å². The summed E-state index contributed by atoms with van der Waals surface area (Å²) in [5.41, 5.74) is 0.451. The molecule has 0 heterocycles. The van der Waals surface area contributed by atoms with E-state index in [1.165, 1.54) is 0 Å². The fraction of sp³-hybridized carbons (Fsp3) is 0.308. The van der Waals surface area contributed by atoms with Gasteiger partial charge >= 0.3 is 11.9 Å². The highest BCUT2D eigenvalue weighted by atomic mass is 35.5. The number of carboxylic acid groups (broad SMARTS) is 2. The van der Waals surface area contributed by atoms with E-state index in [0.717, 1.165) is 4.90 Å². The van der Waals surface area contributed by atoms with Gasteiger partial charge in [-0.25, -0.2) is 0 Å². The lowest BCUT2D eigenvalue weighted by Crippen LogP contribution is -2.36. The normalized spacial score (nSPS) is 10.4. The second-order valence-corrected chi connectivity index (χ2v) is 4.68. The molecule has 0 aliphatic heterocycles. The van der Waals surface area contributed by atoms with E-state index in [0.29, 0.717) is 10.7 Å². The van der Waals surface area contributed by atoms with Gasteiger partial charge in [-0.15, -0.1) is 0 Å². The number of nitrogens with zero attached hydrogens (tertiary/aromatic N) is 1. The van der Waals surface area contributed by atoms with Crippen molar-refractivity contribution in [3.63, 3.8) is 0 Å². The van der Waals surface area contributed by atoms with E-state index < -0.39 is 25.0 Å². The van der Waals surface area contributed by atoms with Crippen molar-refractivity contribution in [1.82, 2.24) is 4.90 Å². The number of anilines is 1. The van der Waals surface area contributed by atoms with E-state index in [1.807, 2.05) is 0 Å². The number of carbonyl (C=O) groups is 3. The highest BCUT2D eigenvalue weighted by Gasteiger charge is 2.15. The highest BCUT2D eigenvalue weighted by molar-refractivity contribution is 6.33. The van der Waals surface area contributed by atoms with Crippen molar-refractivity contribution in [3.05, 3.63) is 29.3 Å². The van der Waals surface area contributed by atoms with Gasteiger partial charge < -0.3 is 15.5 Å². The summed E-state index contributed by atoms with van der Waals surface area (Å²) in [6.07, 6.45) is -0.0359. The van der Waals surface area contributed by atoms with Crippen molar-refractivity contribution >= 4 is 35.1 Å². The molecule has 7 nitrogen and oxygen atoms in total. The molecule has 114 valence electrons. The Hall–Kier alpha value is -2.12. The molecule has 0 bridgehead atoms. The standard InChI is InChI=1S/C13H15ClN2O5/c14-9-3-1-2-4-10(9)15-11(17)5-6-16(7-12(18)19)8-13(20)21/h1-4H,5-8H2,(H,15,17)(H,18,19)(H,20,21). The number of carboxylic acids is 2. The zero-order valence-electron chi connectivity index (χ0n) is 11.1. The summed E-state index contributed by atoms with van der Waals surface area (Å²) in [6.45, 7) is -0.855. The third kappa shape index (κ3) is 6.73. The van der Waals surface area contributed by atoms with Crippen molar-refractivity contribution in [1.29, 1.82) is 0 Å². The molecule has 1 amide bonds. The van der Waals surface area contributed by atoms with Crippen LogP contribution in [0.15, 0.2) is 24.3 Å². The number of halogens is 1. The molecule has 0 radical (unpaired) electrons. The fourth-order valence-corrected chi connectivity index (χ4v) is 1.81. The minimum Gasteiger partial charge on any atom is -0.480 e. The SMILES string of the molecule is O=C(O)CN(CCC(=O)Nc1ccccc1Cl)CC(=O)O. The van der Waals surface area contributed by atoms with Crippen LogP contribution >= 0.6 is 11.6 Å². The molecule has 0 spiro atoms. The van der Waals surface area contributed by atoms with Gasteiger partial charge in [0.2, 0.25) is 5.91 Å². The van der Waals surface area contributed by atoms with Crippen molar-refractivity contribution in [2.75, 3.05) is 25.0 Å². The van der Waals surface area contributed by atoms with Gasteiger partial charge in [0.1, 0.15) is 0 Å². The maximum absolute atomic E-state index is 11.7. The maximum atomic E-state index is 11.7. The summed E-state index contributed by atoms with van der Waals surface area (Å²) in [5, 5.41) is 20.3. The Morgan fingerprint density at radius 1 is 1.10 bits per heavy atom. The summed E-state index contributed by atoms with van der Waals surface area (Å²) in [7, 11) is 0. The summed E-state index contributed by atoms with van der Waals surface area (Å²) in [4.78, 5) is 34.2. The largest absolute Gasteiger partial charge is 0.480 e. The first kappa shape index (κ1) is 16.9. The van der Waals surface area contributed by atoms with Crippen LogP contribution in [0.25, 0.3) is 0 Å². The van der Waals surface area contributed by atoms with Crippen molar-refractivity contribution in [2.45, 2.75) is 6.42 Å². The average molecular weight is 315 g/mol. The van der Waals surface area contributed by atoms with Crippen LogP contribution in [-0.4, -0.2) is 52.6 Å². The number of amides is 1. The van der Waals surface area contributed by atoms with Gasteiger partial charge in [0, 0.05) is 13.0 Å².